The molecule has 0 unspecified atom stereocenters. The van der Waals surface area contributed by atoms with Gasteiger partial charge in [-0.15, -0.1) is 0 Å². The minimum atomic E-state index is -0.727. The molecule has 67 valence electrons. The summed E-state index contributed by atoms with van der Waals surface area (Å²) in [6.45, 7) is 1.26. The summed E-state index contributed by atoms with van der Waals surface area (Å²) in [6.07, 6.45) is 0. The molecule has 1 aromatic carbocycles. The Bertz CT molecular complexity index is 354. The van der Waals surface area contributed by atoms with Gasteiger partial charge in [0.25, 0.3) is 0 Å². The van der Waals surface area contributed by atoms with Crippen LogP contribution in [0, 0.1) is 11.6 Å². The van der Waals surface area contributed by atoms with Gasteiger partial charge in [0.1, 0.15) is 0 Å². The van der Waals surface area contributed by atoms with Gasteiger partial charge in [-0.25, -0.2) is 0 Å². The summed E-state index contributed by atoms with van der Waals surface area (Å²) in [5.74, 6) is -1.73. The van der Waals surface area contributed by atoms with Crippen LogP contribution in [-0.2, 0) is 25.2 Å². The Morgan fingerprint density at radius 1 is 1.46 bits per heavy atom. The van der Waals surface area contributed by atoms with Crippen LogP contribution in [-0.4, -0.2) is 5.91 Å². The molecule has 0 bridgehead atoms. The van der Waals surface area contributed by atoms with E-state index in [9.17, 15) is 13.6 Å². The van der Waals surface area contributed by atoms with Crippen LogP contribution < -0.4 is 9.18 Å². The first kappa shape index (κ1) is 10.3. The predicted octanol–water partition coefficient (Wildman–Crippen LogP) is 1.10. The average molecular weight is 218 g/mol. The van der Waals surface area contributed by atoms with Gasteiger partial charge in [-0.2, -0.15) is 0 Å². The van der Waals surface area contributed by atoms with E-state index in [-0.39, 0.29) is 15.5 Å². The molecule has 1 rings (SSSR count). The molecule has 0 heterocycles. The van der Waals surface area contributed by atoms with Crippen molar-refractivity contribution in [2.75, 3.05) is 5.32 Å². The van der Waals surface area contributed by atoms with Crippen LogP contribution in [0.2, 0.25) is 0 Å². The van der Waals surface area contributed by atoms with Crippen molar-refractivity contribution in [3.05, 3.63) is 23.8 Å². The number of carbonyl (C=O) groups excluding carboxylic acids is 1. The fraction of sp³-hybridized carbons (Fsp3) is 0.125. The minimum absolute atomic E-state index is 0.00593. The second kappa shape index (κ2) is 3.98. The standard InChI is InChI=1S/C8H6F2NO.Ti/c1-5(12)11-8-3-2-6(9)4-7(8)10;/h2-3H,1H3,(H,11,12);. The monoisotopic (exact) mass is 218 g/mol. The molecule has 0 radical (unpaired) electrons. The molecule has 0 saturated heterocycles. The van der Waals surface area contributed by atoms with Crippen molar-refractivity contribution in [1.29, 1.82) is 0 Å². The third-order valence-corrected chi connectivity index (χ3v) is 2.12. The zero-order valence-corrected chi connectivity index (χ0v) is 8.38. The van der Waals surface area contributed by atoms with Crippen LogP contribution in [0.25, 0.3) is 0 Å². The molecule has 0 aromatic heterocycles. The number of amides is 1. The van der Waals surface area contributed by atoms with Crippen LogP contribution in [0.1, 0.15) is 6.92 Å². The van der Waals surface area contributed by atoms with E-state index >= 15 is 0 Å². The molecule has 2 nitrogen and oxygen atoms in total. The summed E-state index contributed by atoms with van der Waals surface area (Å²) in [7, 11) is 0. The number of hydrogen-bond donors (Lipinski definition) is 1. The first-order valence-electron chi connectivity index (χ1n) is 3.49. The maximum atomic E-state index is 13.2. The van der Waals surface area contributed by atoms with Gasteiger partial charge in [0, 0.05) is 0 Å². The average Bonchev–Trinajstić information content (AvgIpc) is 2.06. The van der Waals surface area contributed by atoms with E-state index in [0.29, 0.717) is 0 Å². The molecule has 1 N–H and O–H groups in total. The summed E-state index contributed by atoms with van der Waals surface area (Å²) in [5.41, 5.74) is 0.00593. The molecule has 0 spiro atoms. The van der Waals surface area contributed by atoms with Gasteiger partial charge in [-0.1, -0.05) is 0 Å². The SMILES string of the molecule is CC(=O)Nc1ccc(F)[c]([Ti])c1F. The van der Waals surface area contributed by atoms with Gasteiger partial charge in [-0.3, -0.25) is 0 Å². The van der Waals surface area contributed by atoms with E-state index in [4.69, 9.17) is 0 Å². The van der Waals surface area contributed by atoms with E-state index < -0.39 is 11.6 Å². The molecular formula is C8H6F2NOTi. The third kappa shape index (κ3) is 2.35. The number of benzene rings is 1. The second-order valence-corrected chi connectivity index (χ2v) is 3.25. The number of carbonyl (C=O) groups is 1. The zero-order chi connectivity index (χ0) is 10.0. The molecule has 0 aliphatic carbocycles. The van der Waals surface area contributed by atoms with E-state index in [2.05, 4.69) is 5.32 Å². The van der Waals surface area contributed by atoms with Gasteiger partial charge >= 0.3 is 85.5 Å². The van der Waals surface area contributed by atoms with Gasteiger partial charge in [0.2, 0.25) is 0 Å². The van der Waals surface area contributed by atoms with E-state index in [1.807, 2.05) is 0 Å². The zero-order valence-electron chi connectivity index (χ0n) is 6.82. The van der Waals surface area contributed by atoms with Gasteiger partial charge in [0.05, 0.1) is 0 Å². The molecule has 0 aliphatic rings. The topological polar surface area (TPSA) is 29.1 Å². The van der Waals surface area contributed by atoms with Crippen molar-refractivity contribution in [3.8, 4) is 0 Å². The Labute approximate surface area is 85.7 Å². The second-order valence-electron chi connectivity index (χ2n) is 2.47. The van der Waals surface area contributed by atoms with Crippen LogP contribution in [0.3, 0.4) is 0 Å². The van der Waals surface area contributed by atoms with Gasteiger partial charge < -0.3 is 0 Å². The molecule has 5 heteroatoms. The van der Waals surface area contributed by atoms with Crippen molar-refractivity contribution >= 4 is 15.5 Å². The summed E-state index contributed by atoms with van der Waals surface area (Å²) >= 11 is 1.32. The molecule has 13 heavy (non-hydrogen) atoms. The Morgan fingerprint density at radius 2 is 2.08 bits per heavy atom. The Morgan fingerprint density at radius 3 is 2.62 bits per heavy atom. The molecule has 1 amide bonds. The van der Waals surface area contributed by atoms with Crippen LogP contribution >= 0.6 is 0 Å². The third-order valence-electron chi connectivity index (χ3n) is 1.40. The van der Waals surface area contributed by atoms with Crippen LogP contribution in [0.5, 0.6) is 0 Å². The van der Waals surface area contributed by atoms with Crippen molar-refractivity contribution in [1.82, 2.24) is 0 Å². The summed E-state index contributed by atoms with van der Waals surface area (Å²) in [5, 5.41) is 2.26. The van der Waals surface area contributed by atoms with E-state index in [0.717, 1.165) is 6.07 Å². The molecule has 0 atom stereocenters. The molecular weight excluding hydrogens is 212 g/mol. The number of anilines is 1. The predicted molar refractivity (Wildman–Crippen MR) is 40.3 cm³/mol. The van der Waals surface area contributed by atoms with E-state index in [1.54, 1.807) is 0 Å². The number of hydrogen-bond acceptors (Lipinski definition) is 1. The summed E-state index contributed by atoms with van der Waals surface area (Å²) < 4.78 is 25.8. The Balaban J connectivity index is 3.10. The summed E-state index contributed by atoms with van der Waals surface area (Å²) in [4.78, 5) is 10.6. The maximum absolute atomic E-state index is 13.2. The number of halogens is 2. The molecule has 0 fully saturated rings. The van der Waals surface area contributed by atoms with Crippen LogP contribution in [0.15, 0.2) is 12.1 Å². The first-order chi connectivity index (χ1) is 6.02. The molecule has 0 saturated carbocycles. The van der Waals surface area contributed by atoms with Crippen molar-refractivity contribution in [2.24, 2.45) is 0 Å². The number of rotatable bonds is 1. The Kier molecular flexibility index (Phi) is 3.17. The normalized spacial score (nSPS) is 9.69. The first-order valence-corrected chi connectivity index (χ1v) is 4.27. The van der Waals surface area contributed by atoms with Gasteiger partial charge in [-0.05, 0) is 0 Å². The molecule has 1 aromatic rings. The van der Waals surface area contributed by atoms with Crippen molar-refractivity contribution < 1.29 is 34.0 Å². The molecule has 0 aliphatic heterocycles. The van der Waals surface area contributed by atoms with Crippen LogP contribution in [0.4, 0.5) is 14.5 Å². The number of nitrogens with one attached hydrogen (secondary N) is 1. The summed E-state index contributed by atoms with van der Waals surface area (Å²) in [6, 6.07) is 2.31. The quantitative estimate of drug-likeness (QED) is 0.702. The van der Waals surface area contributed by atoms with Gasteiger partial charge in [0.15, 0.2) is 0 Å². The Hall–Kier alpha value is -0.736. The van der Waals surface area contributed by atoms with Crippen molar-refractivity contribution in [2.45, 2.75) is 6.92 Å². The fourth-order valence-corrected chi connectivity index (χ4v) is 1.18. The van der Waals surface area contributed by atoms with E-state index in [1.165, 1.54) is 33.4 Å². The van der Waals surface area contributed by atoms with Crippen molar-refractivity contribution in [3.63, 3.8) is 0 Å². The fourth-order valence-electron chi connectivity index (χ4n) is 0.839.